The smallest absolute Gasteiger partial charge is 0.387 e. The molecule has 0 unspecified atom stereocenters. The molecular weight excluding hydrogens is 296 g/mol. The van der Waals surface area contributed by atoms with E-state index in [4.69, 9.17) is 0 Å². The molecule has 0 atom stereocenters. The standard InChI is InChI=1S/C15H13F2NO2S/c1-21-13-9-5-2-6-10(13)14(19)18-11-7-3-4-8-12(11)20-15(16)17/h2-9,15H,1H3,(H,18,19). The van der Waals surface area contributed by atoms with Gasteiger partial charge in [0.05, 0.1) is 11.3 Å². The number of hydrogen-bond acceptors (Lipinski definition) is 3. The topological polar surface area (TPSA) is 38.3 Å². The zero-order valence-corrected chi connectivity index (χ0v) is 12.0. The number of carbonyl (C=O) groups excluding carboxylic acids is 1. The van der Waals surface area contributed by atoms with Crippen LogP contribution < -0.4 is 10.1 Å². The van der Waals surface area contributed by atoms with E-state index in [2.05, 4.69) is 10.1 Å². The van der Waals surface area contributed by atoms with Crippen LogP contribution in [0.15, 0.2) is 53.4 Å². The van der Waals surface area contributed by atoms with E-state index >= 15 is 0 Å². The molecule has 0 radical (unpaired) electrons. The molecule has 0 aromatic heterocycles. The van der Waals surface area contributed by atoms with Crippen LogP contribution in [0.25, 0.3) is 0 Å². The second kappa shape index (κ2) is 7.08. The van der Waals surface area contributed by atoms with Crippen molar-refractivity contribution in [1.29, 1.82) is 0 Å². The second-order valence-electron chi connectivity index (χ2n) is 4.03. The molecule has 0 saturated carbocycles. The summed E-state index contributed by atoms with van der Waals surface area (Å²) in [6, 6.07) is 13.2. The molecule has 0 fully saturated rings. The molecule has 0 bridgehead atoms. The van der Waals surface area contributed by atoms with Gasteiger partial charge in [0.1, 0.15) is 5.75 Å². The average molecular weight is 309 g/mol. The third-order valence-corrected chi connectivity index (χ3v) is 3.50. The highest BCUT2D eigenvalue weighted by molar-refractivity contribution is 7.98. The minimum atomic E-state index is -2.94. The Morgan fingerprint density at radius 2 is 1.81 bits per heavy atom. The van der Waals surface area contributed by atoms with E-state index < -0.39 is 6.61 Å². The summed E-state index contributed by atoms with van der Waals surface area (Å²) >= 11 is 1.44. The van der Waals surface area contributed by atoms with Crippen molar-refractivity contribution in [2.75, 3.05) is 11.6 Å². The molecule has 2 rings (SSSR count). The van der Waals surface area contributed by atoms with Crippen molar-refractivity contribution in [2.45, 2.75) is 11.5 Å². The van der Waals surface area contributed by atoms with Crippen LogP contribution in [0, 0.1) is 0 Å². The fraction of sp³-hybridized carbons (Fsp3) is 0.133. The van der Waals surface area contributed by atoms with Crippen molar-refractivity contribution >= 4 is 23.4 Å². The summed E-state index contributed by atoms with van der Waals surface area (Å²) in [4.78, 5) is 13.1. The van der Waals surface area contributed by atoms with E-state index in [1.165, 1.54) is 23.9 Å². The SMILES string of the molecule is CSc1ccccc1C(=O)Nc1ccccc1OC(F)F. The maximum Gasteiger partial charge on any atom is 0.387 e. The third kappa shape index (κ3) is 3.95. The van der Waals surface area contributed by atoms with Gasteiger partial charge in [0, 0.05) is 4.90 Å². The Hall–Kier alpha value is -2.08. The van der Waals surface area contributed by atoms with E-state index in [0.717, 1.165) is 4.90 Å². The molecule has 0 heterocycles. The van der Waals surface area contributed by atoms with Crippen LogP contribution >= 0.6 is 11.8 Å². The normalized spacial score (nSPS) is 10.5. The van der Waals surface area contributed by atoms with Gasteiger partial charge in [-0.25, -0.2) is 0 Å². The lowest BCUT2D eigenvalue weighted by Gasteiger charge is -2.12. The highest BCUT2D eigenvalue weighted by Gasteiger charge is 2.14. The van der Waals surface area contributed by atoms with E-state index in [1.807, 2.05) is 18.4 Å². The monoisotopic (exact) mass is 309 g/mol. The van der Waals surface area contributed by atoms with Crippen molar-refractivity contribution in [3.8, 4) is 5.75 Å². The van der Waals surface area contributed by atoms with E-state index in [0.29, 0.717) is 5.56 Å². The van der Waals surface area contributed by atoms with Gasteiger partial charge in [-0.1, -0.05) is 24.3 Å². The van der Waals surface area contributed by atoms with Gasteiger partial charge in [0.25, 0.3) is 5.91 Å². The molecule has 0 aliphatic rings. The number of halogens is 2. The molecule has 1 amide bonds. The molecule has 3 nitrogen and oxygen atoms in total. The summed E-state index contributed by atoms with van der Waals surface area (Å²) in [5.41, 5.74) is 0.690. The van der Waals surface area contributed by atoms with Crippen LogP contribution in [0.1, 0.15) is 10.4 Å². The predicted octanol–water partition coefficient (Wildman–Crippen LogP) is 4.26. The summed E-state index contributed by atoms with van der Waals surface area (Å²) in [5.74, 6) is -0.437. The highest BCUT2D eigenvalue weighted by Crippen LogP contribution is 2.27. The Morgan fingerprint density at radius 1 is 1.14 bits per heavy atom. The first kappa shape index (κ1) is 15.3. The number of para-hydroxylation sites is 2. The number of ether oxygens (including phenoxy) is 1. The first-order valence-electron chi connectivity index (χ1n) is 6.10. The number of rotatable bonds is 5. The number of alkyl halides is 2. The molecule has 6 heteroatoms. The Morgan fingerprint density at radius 3 is 2.52 bits per heavy atom. The molecule has 0 saturated heterocycles. The zero-order valence-electron chi connectivity index (χ0n) is 11.2. The first-order valence-corrected chi connectivity index (χ1v) is 7.32. The van der Waals surface area contributed by atoms with Gasteiger partial charge in [-0.15, -0.1) is 11.8 Å². The van der Waals surface area contributed by atoms with Crippen molar-refractivity contribution in [3.63, 3.8) is 0 Å². The zero-order chi connectivity index (χ0) is 15.2. The molecule has 1 N–H and O–H groups in total. The lowest BCUT2D eigenvalue weighted by molar-refractivity contribution is -0.0493. The van der Waals surface area contributed by atoms with Crippen molar-refractivity contribution in [1.82, 2.24) is 0 Å². The molecule has 0 aliphatic heterocycles. The fourth-order valence-corrected chi connectivity index (χ4v) is 2.39. The van der Waals surface area contributed by atoms with E-state index in [-0.39, 0.29) is 17.3 Å². The number of thioether (sulfide) groups is 1. The summed E-state index contributed by atoms with van der Waals surface area (Å²) in [7, 11) is 0. The first-order chi connectivity index (χ1) is 10.1. The molecule has 110 valence electrons. The summed E-state index contributed by atoms with van der Waals surface area (Å²) in [6.07, 6.45) is 1.86. The number of benzene rings is 2. The maximum absolute atomic E-state index is 12.3. The van der Waals surface area contributed by atoms with Crippen LogP contribution in [-0.4, -0.2) is 18.8 Å². The molecule has 0 spiro atoms. The van der Waals surface area contributed by atoms with Crippen LogP contribution in [0.2, 0.25) is 0 Å². The van der Waals surface area contributed by atoms with Gasteiger partial charge in [-0.05, 0) is 30.5 Å². The van der Waals surface area contributed by atoms with Crippen molar-refractivity contribution in [3.05, 3.63) is 54.1 Å². The molecular formula is C15H13F2NO2S. The third-order valence-electron chi connectivity index (χ3n) is 2.70. The van der Waals surface area contributed by atoms with Crippen LogP contribution in [0.3, 0.4) is 0 Å². The van der Waals surface area contributed by atoms with Crippen LogP contribution in [0.4, 0.5) is 14.5 Å². The van der Waals surface area contributed by atoms with E-state index in [9.17, 15) is 13.6 Å². The number of amides is 1. The van der Waals surface area contributed by atoms with Crippen molar-refractivity contribution in [2.24, 2.45) is 0 Å². The minimum absolute atomic E-state index is 0.0671. The number of nitrogens with one attached hydrogen (secondary N) is 1. The molecule has 21 heavy (non-hydrogen) atoms. The van der Waals surface area contributed by atoms with E-state index in [1.54, 1.807) is 24.3 Å². The van der Waals surface area contributed by atoms with Gasteiger partial charge in [-0.2, -0.15) is 8.78 Å². The Kier molecular flexibility index (Phi) is 5.16. The minimum Gasteiger partial charge on any atom is -0.433 e. The summed E-state index contributed by atoms with van der Waals surface area (Å²) in [5, 5.41) is 2.60. The van der Waals surface area contributed by atoms with Crippen molar-refractivity contribution < 1.29 is 18.3 Å². The maximum atomic E-state index is 12.3. The van der Waals surface area contributed by atoms with Gasteiger partial charge in [0.15, 0.2) is 0 Å². The van der Waals surface area contributed by atoms with Gasteiger partial charge in [-0.3, -0.25) is 4.79 Å². The fourth-order valence-electron chi connectivity index (χ4n) is 1.79. The highest BCUT2D eigenvalue weighted by atomic mass is 32.2. The average Bonchev–Trinajstić information content (AvgIpc) is 2.48. The van der Waals surface area contributed by atoms with Gasteiger partial charge < -0.3 is 10.1 Å². The lowest BCUT2D eigenvalue weighted by Crippen LogP contribution is -2.14. The Bertz CT molecular complexity index is 635. The number of anilines is 1. The molecule has 2 aromatic carbocycles. The quantitative estimate of drug-likeness (QED) is 0.839. The van der Waals surface area contributed by atoms with Crippen LogP contribution in [-0.2, 0) is 0 Å². The summed E-state index contributed by atoms with van der Waals surface area (Å²) in [6.45, 7) is -2.94. The van der Waals surface area contributed by atoms with Crippen LogP contribution in [0.5, 0.6) is 5.75 Å². The lowest BCUT2D eigenvalue weighted by atomic mass is 10.2. The summed E-state index contributed by atoms with van der Waals surface area (Å²) < 4.78 is 29.1. The van der Waals surface area contributed by atoms with Gasteiger partial charge in [0.2, 0.25) is 0 Å². The molecule has 2 aromatic rings. The number of hydrogen-bond donors (Lipinski definition) is 1. The molecule has 0 aliphatic carbocycles. The van der Waals surface area contributed by atoms with Gasteiger partial charge >= 0.3 is 6.61 Å². The predicted molar refractivity (Wildman–Crippen MR) is 79.3 cm³/mol. The second-order valence-corrected chi connectivity index (χ2v) is 4.88. The Labute approximate surface area is 125 Å². The Balaban J connectivity index is 2.24. The largest absolute Gasteiger partial charge is 0.433 e. The number of carbonyl (C=O) groups is 1.